The van der Waals surface area contributed by atoms with Crippen LogP contribution in [0.2, 0.25) is 0 Å². The number of carbonyl (C=O) groups excluding carboxylic acids is 1. The molecule has 0 saturated carbocycles. The standard InChI is InChI=1S/C17H18FNO2/c1-11-5-7-16(13(3)8-11)21-10-17(20)19-15-6-4-12(2)9-14(15)18/h4-9H,10H2,1-3H3,(H,19,20). The number of rotatable bonds is 4. The van der Waals surface area contributed by atoms with E-state index < -0.39 is 11.7 Å². The summed E-state index contributed by atoms with van der Waals surface area (Å²) in [5.74, 6) is -0.187. The molecule has 0 atom stereocenters. The fourth-order valence-corrected chi connectivity index (χ4v) is 2.01. The molecule has 0 fully saturated rings. The highest BCUT2D eigenvalue weighted by Crippen LogP contribution is 2.19. The van der Waals surface area contributed by atoms with Crippen molar-refractivity contribution in [3.8, 4) is 5.75 Å². The molecule has 1 N–H and O–H groups in total. The minimum Gasteiger partial charge on any atom is -0.483 e. The highest BCUT2D eigenvalue weighted by molar-refractivity contribution is 5.92. The first kappa shape index (κ1) is 15.0. The van der Waals surface area contributed by atoms with Gasteiger partial charge in [-0.25, -0.2) is 4.39 Å². The summed E-state index contributed by atoms with van der Waals surface area (Å²) >= 11 is 0. The predicted molar refractivity (Wildman–Crippen MR) is 81.2 cm³/mol. The number of nitrogens with one attached hydrogen (secondary N) is 1. The third-order valence-corrected chi connectivity index (χ3v) is 3.09. The third-order valence-electron chi connectivity index (χ3n) is 3.09. The number of carbonyl (C=O) groups is 1. The maximum Gasteiger partial charge on any atom is 0.262 e. The molecule has 0 unspecified atom stereocenters. The molecule has 0 bridgehead atoms. The molecule has 0 aliphatic heterocycles. The van der Waals surface area contributed by atoms with Crippen molar-refractivity contribution in [3.05, 3.63) is 58.9 Å². The molecule has 0 aliphatic rings. The first-order valence-corrected chi connectivity index (χ1v) is 6.72. The van der Waals surface area contributed by atoms with Gasteiger partial charge in [-0.2, -0.15) is 0 Å². The number of hydrogen-bond donors (Lipinski definition) is 1. The normalized spacial score (nSPS) is 10.3. The zero-order valence-corrected chi connectivity index (χ0v) is 12.4. The first-order valence-electron chi connectivity index (χ1n) is 6.72. The van der Waals surface area contributed by atoms with Crippen LogP contribution in [0.15, 0.2) is 36.4 Å². The Balaban J connectivity index is 1.96. The van der Waals surface area contributed by atoms with E-state index in [9.17, 15) is 9.18 Å². The Morgan fingerprint density at radius 2 is 1.76 bits per heavy atom. The van der Waals surface area contributed by atoms with Crippen molar-refractivity contribution in [2.45, 2.75) is 20.8 Å². The maximum atomic E-state index is 13.6. The van der Waals surface area contributed by atoms with E-state index in [1.165, 1.54) is 6.07 Å². The van der Waals surface area contributed by atoms with Gasteiger partial charge >= 0.3 is 0 Å². The van der Waals surface area contributed by atoms with Crippen molar-refractivity contribution in [1.29, 1.82) is 0 Å². The van der Waals surface area contributed by atoms with E-state index in [-0.39, 0.29) is 12.3 Å². The smallest absolute Gasteiger partial charge is 0.262 e. The molecule has 0 radical (unpaired) electrons. The lowest BCUT2D eigenvalue weighted by molar-refractivity contribution is -0.118. The Morgan fingerprint density at radius 1 is 1.10 bits per heavy atom. The Bertz CT molecular complexity index is 668. The van der Waals surface area contributed by atoms with Crippen LogP contribution in [0.5, 0.6) is 5.75 Å². The lowest BCUT2D eigenvalue weighted by atomic mass is 10.1. The average Bonchev–Trinajstić information content (AvgIpc) is 2.41. The van der Waals surface area contributed by atoms with Crippen LogP contribution in [0.25, 0.3) is 0 Å². The highest BCUT2D eigenvalue weighted by atomic mass is 19.1. The van der Waals surface area contributed by atoms with Crippen LogP contribution in [-0.4, -0.2) is 12.5 Å². The Hall–Kier alpha value is -2.36. The number of hydrogen-bond acceptors (Lipinski definition) is 2. The van der Waals surface area contributed by atoms with E-state index in [4.69, 9.17) is 4.74 Å². The average molecular weight is 287 g/mol. The van der Waals surface area contributed by atoms with E-state index >= 15 is 0 Å². The molecule has 0 aromatic heterocycles. The quantitative estimate of drug-likeness (QED) is 0.929. The number of ether oxygens (including phenoxy) is 1. The van der Waals surface area contributed by atoms with Gasteiger partial charge in [-0.3, -0.25) is 4.79 Å². The molecule has 4 heteroatoms. The number of anilines is 1. The monoisotopic (exact) mass is 287 g/mol. The molecule has 21 heavy (non-hydrogen) atoms. The summed E-state index contributed by atoms with van der Waals surface area (Å²) in [5.41, 5.74) is 3.06. The Morgan fingerprint density at radius 3 is 2.43 bits per heavy atom. The lowest BCUT2D eigenvalue weighted by Crippen LogP contribution is -2.21. The number of aryl methyl sites for hydroxylation is 3. The van der Waals surface area contributed by atoms with Gasteiger partial charge in [0.15, 0.2) is 6.61 Å². The van der Waals surface area contributed by atoms with Crippen LogP contribution in [0.1, 0.15) is 16.7 Å². The van der Waals surface area contributed by atoms with Crippen molar-refractivity contribution in [1.82, 2.24) is 0 Å². The molecule has 1 amide bonds. The summed E-state index contributed by atoms with van der Waals surface area (Å²) in [7, 11) is 0. The number of halogens is 1. The molecular formula is C17H18FNO2. The van der Waals surface area contributed by atoms with Gasteiger partial charge in [0.2, 0.25) is 0 Å². The number of benzene rings is 2. The minimum absolute atomic E-state index is 0.156. The van der Waals surface area contributed by atoms with E-state index in [2.05, 4.69) is 5.32 Å². The van der Waals surface area contributed by atoms with E-state index in [1.807, 2.05) is 32.0 Å². The van der Waals surface area contributed by atoms with Crippen molar-refractivity contribution in [3.63, 3.8) is 0 Å². The zero-order chi connectivity index (χ0) is 15.4. The SMILES string of the molecule is Cc1ccc(OCC(=O)Nc2ccc(C)cc2F)c(C)c1. The second-order valence-electron chi connectivity index (χ2n) is 5.09. The van der Waals surface area contributed by atoms with Crippen molar-refractivity contribution >= 4 is 11.6 Å². The topological polar surface area (TPSA) is 38.3 Å². The summed E-state index contributed by atoms with van der Waals surface area (Å²) in [6.07, 6.45) is 0. The Labute approximate surface area is 123 Å². The fraction of sp³-hybridized carbons (Fsp3) is 0.235. The van der Waals surface area contributed by atoms with Crippen molar-refractivity contribution in [2.75, 3.05) is 11.9 Å². The van der Waals surface area contributed by atoms with E-state index in [0.29, 0.717) is 5.75 Å². The lowest BCUT2D eigenvalue weighted by Gasteiger charge is -2.10. The largest absolute Gasteiger partial charge is 0.483 e. The summed E-state index contributed by atoms with van der Waals surface area (Å²) in [6, 6.07) is 10.4. The van der Waals surface area contributed by atoms with Gasteiger partial charge in [0.1, 0.15) is 11.6 Å². The second kappa shape index (κ2) is 6.39. The molecule has 2 rings (SSSR count). The first-order chi connectivity index (χ1) is 9.95. The fourth-order valence-electron chi connectivity index (χ4n) is 2.01. The summed E-state index contributed by atoms with van der Waals surface area (Å²) in [6.45, 7) is 5.54. The Kier molecular flexibility index (Phi) is 4.58. The van der Waals surface area contributed by atoms with E-state index in [1.54, 1.807) is 19.1 Å². The molecular weight excluding hydrogens is 269 g/mol. The van der Waals surface area contributed by atoms with Crippen LogP contribution >= 0.6 is 0 Å². The van der Waals surface area contributed by atoms with Crippen molar-refractivity contribution in [2.24, 2.45) is 0 Å². The second-order valence-corrected chi connectivity index (χ2v) is 5.09. The molecule has 0 saturated heterocycles. The van der Waals surface area contributed by atoms with Crippen molar-refractivity contribution < 1.29 is 13.9 Å². The van der Waals surface area contributed by atoms with Gasteiger partial charge in [-0.1, -0.05) is 23.8 Å². The maximum absolute atomic E-state index is 13.6. The van der Waals surface area contributed by atoms with Gasteiger partial charge in [0, 0.05) is 0 Å². The molecule has 3 nitrogen and oxygen atoms in total. The van der Waals surface area contributed by atoms with Crippen LogP contribution < -0.4 is 10.1 Å². The summed E-state index contributed by atoms with van der Waals surface area (Å²) < 4.78 is 19.1. The minimum atomic E-state index is -0.449. The van der Waals surface area contributed by atoms with E-state index in [0.717, 1.165) is 16.7 Å². The highest BCUT2D eigenvalue weighted by Gasteiger charge is 2.08. The zero-order valence-electron chi connectivity index (χ0n) is 12.4. The summed E-state index contributed by atoms with van der Waals surface area (Å²) in [5, 5.41) is 2.50. The van der Waals surface area contributed by atoms with Gasteiger partial charge in [0.25, 0.3) is 5.91 Å². The van der Waals surface area contributed by atoms with Crippen LogP contribution in [0.3, 0.4) is 0 Å². The van der Waals surface area contributed by atoms with Gasteiger partial charge in [-0.05, 0) is 50.1 Å². The van der Waals surface area contributed by atoms with Crippen LogP contribution in [0, 0.1) is 26.6 Å². The number of amides is 1. The van der Waals surface area contributed by atoms with Gasteiger partial charge < -0.3 is 10.1 Å². The van der Waals surface area contributed by atoms with Gasteiger partial charge in [-0.15, -0.1) is 0 Å². The van der Waals surface area contributed by atoms with Gasteiger partial charge in [0.05, 0.1) is 5.69 Å². The third kappa shape index (κ3) is 4.05. The molecule has 110 valence electrons. The summed E-state index contributed by atoms with van der Waals surface area (Å²) in [4.78, 5) is 11.8. The predicted octanol–water partition coefficient (Wildman–Crippen LogP) is 3.77. The molecule has 0 heterocycles. The van der Waals surface area contributed by atoms with Crippen LogP contribution in [0.4, 0.5) is 10.1 Å². The molecule has 0 aliphatic carbocycles. The molecule has 2 aromatic rings. The molecule has 0 spiro atoms. The van der Waals surface area contributed by atoms with Crippen LogP contribution in [-0.2, 0) is 4.79 Å². The molecule has 2 aromatic carbocycles.